The fourth-order valence-corrected chi connectivity index (χ4v) is 3.56. The Hall–Kier alpha value is -1.07. The zero-order chi connectivity index (χ0) is 16.0. The molecule has 1 aromatic rings. The molecule has 1 aliphatic carbocycles. The summed E-state index contributed by atoms with van der Waals surface area (Å²) in [7, 11) is 0. The molecule has 1 aliphatic rings. The van der Waals surface area contributed by atoms with Crippen LogP contribution in [0.25, 0.3) is 0 Å². The third-order valence-electron chi connectivity index (χ3n) is 3.97. The highest BCUT2D eigenvalue weighted by molar-refractivity contribution is 7.07. The van der Waals surface area contributed by atoms with E-state index in [4.69, 9.17) is 4.74 Å². The number of carbonyl (C=O) groups is 1. The quantitative estimate of drug-likeness (QED) is 0.863. The lowest BCUT2D eigenvalue weighted by Gasteiger charge is -2.32. The first-order chi connectivity index (χ1) is 10.4. The predicted octanol–water partition coefficient (Wildman–Crippen LogP) is 3.92. The molecule has 2 rings (SSSR count). The van der Waals surface area contributed by atoms with E-state index in [-0.39, 0.29) is 6.09 Å². The average Bonchev–Trinajstić information content (AvgIpc) is 2.95. The minimum atomic E-state index is -0.437. The van der Waals surface area contributed by atoms with Crippen molar-refractivity contribution in [2.24, 2.45) is 5.92 Å². The Morgan fingerprint density at radius 1 is 1.36 bits per heavy atom. The molecule has 1 amide bonds. The molecule has 0 saturated heterocycles. The standard InChI is InChI=1S/C17H28N2O2S/c1-17(2,3)21-16(20)19-11-14-6-4-5-7-15(14)18-10-13-8-9-22-12-13/h8-9,12,14-15,18H,4-7,10-11H2,1-3H3,(H,19,20). The van der Waals surface area contributed by atoms with Gasteiger partial charge < -0.3 is 15.4 Å². The molecule has 0 spiro atoms. The topological polar surface area (TPSA) is 50.4 Å². The van der Waals surface area contributed by atoms with Gasteiger partial charge in [0.1, 0.15) is 5.60 Å². The van der Waals surface area contributed by atoms with Gasteiger partial charge >= 0.3 is 6.09 Å². The zero-order valence-corrected chi connectivity index (χ0v) is 14.7. The van der Waals surface area contributed by atoms with Crippen LogP contribution in [-0.2, 0) is 11.3 Å². The van der Waals surface area contributed by atoms with Crippen molar-refractivity contribution in [2.75, 3.05) is 6.54 Å². The molecule has 22 heavy (non-hydrogen) atoms. The van der Waals surface area contributed by atoms with Crippen molar-refractivity contribution in [1.29, 1.82) is 0 Å². The van der Waals surface area contributed by atoms with E-state index in [0.717, 1.165) is 13.0 Å². The van der Waals surface area contributed by atoms with Crippen molar-refractivity contribution in [2.45, 2.75) is 64.6 Å². The van der Waals surface area contributed by atoms with E-state index in [0.29, 0.717) is 18.5 Å². The summed E-state index contributed by atoms with van der Waals surface area (Å²) in [4.78, 5) is 11.8. The number of rotatable bonds is 5. The first-order valence-electron chi connectivity index (χ1n) is 8.15. The molecular formula is C17H28N2O2S. The highest BCUT2D eigenvalue weighted by Gasteiger charge is 2.26. The van der Waals surface area contributed by atoms with Gasteiger partial charge in [0.25, 0.3) is 0 Å². The lowest BCUT2D eigenvalue weighted by atomic mass is 9.84. The SMILES string of the molecule is CC(C)(C)OC(=O)NCC1CCCCC1NCc1ccsc1. The Morgan fingerprint density at radius 2 is 2.14 bits per heavy atom. The summed E-state index contributed by atoms with van der Waals surface area (Å²) in [5.74, 6) is 0.486. The summed E-state index contributed by atoms with van der Waals surface area (Å²) in [6.07, 6.45) is 4.55. The monoisotopic (exact) mass is 324 g/mol. The van der Waals surface area contributed by atoms with E-state index >= 15 is 0 Å². The number of alkyl carbamates (subject to hydrolysis) is 1. The molecule has 2 atom stereocenters. The maximum absolute atomic E-state index is 11.8. The van der Waals surface area contributed by atoms with Crippen LogP contribution >= 0.6 is 11.3 Å². The second-order valence-corrected chi connectivity index (χ2v) is 7.83. The highest BCUT2D eigenvalue weighted by atomic mass is 32.1. The maximum atomic E-state index is 11.8. The first kappa shape index (κ1) is 17.3. The Kier molecular flexibility index (Phi) is 6.26. The molecule has 5 heteroatoms. The van der Waals surface area contributed by atoms with Crippen molar-refractivity contribution < 1.29 is 9.53 Å². The molecule has 1 fully saturated rings. The fourth-order valence-electron chi connectivity index (χ4n) is 2.89. The van der Waals surface area contributed by atoms with Gasteiger partial charge in [0.2, 0.25) is 0 Å². The summed E-state index contributed by atoms with van der Waals surface area (Å²) in [6, 6.07) is 2.64. The molecule has 1 heterocycles. The second kappa shape index (κ2) is 7.97. The average molecular weight is 324 g/mol. The summed E-state index contributed by atoms with van der Waals surface area (Å²) >= 11 is 1.73. The number of ether oxygens (including phenoxy) is 1. The zero-order valence-electron chi connectivity index (χ0n) is 13.9. The number of amides is 1. The minimum absolute atomic E-state index is 0.311. The number of carbonyl (C=O) groups excluding carboxylic acids is 1. The number of hydrogen-bond donors (Lipinski definition) is 2. The van der Waals surface area contributed by atoms with Crippen LogP contribution in [0.3, 0.4) is 0 Å². The van der Waals surface area contributed by atoms with Crippen molar-refractivity contribution in [3.63, 3.8) is 0 Å². The van der Waals surface area contributed by atoms with E-state index < -0.39 is 5.60 Å². The van der Waals surface area contributed by atoms with Crippen LogP contribution < -0.4 is 10.6 Å². The first-order valence-corrected chi connectivity index (χ1v) is 9.09. The molecule has 1 aromatic heterocycles. The van der Waals surface area contributed by atoms with Gasteiger partial charge in [-0.15, -0.1) is 0 Å². The lowest BCUT2D eigenvalue weighted by molar-refractivity contribution is 0.0510. The van der Waals surface area contributed by atoms with Gasteiger partial charge in [0, 0.05) is 19.1 Å². The predicted molar refractivity (Wildman–Crippen MR) is 91.1 cm³/mol. The molecule has 2 N–H and O–H groups in total. The van der Waals surface area contributed by atoms with Gasteiger partial charge in [0.05, 0.1) is 0 Å². The normalized spacial score (nSPS) is 22.3. The molecule has 4 nitrogen and oxygen atoms in total. The van der Waals surface area contributed by atoms with Crippen LogP contribution in [0.4, 0.5) is 4.79 Å². The van der Waals surface area contributed by atoms with Gasteiger partial charge in [-0.25, -0.2) is 4.79 Å². The Morgan fingerprint density at radius 3 is 2.82 bits per heavy atom. The molecule has 2 unspecified atom stereocenters. The molecule has 124 valence electrons. The summed E-state index contributed by atoms with van der Waals surface area (Å²) in [6.45, 7) is 7.27. The largest absolute Gasteiger partial charge is 0.444 e. The van der Waals surface area contributed by atoms with Gasteiger partial charge in [-0.1, -0.05) is 12.8 Å². The molecule has 0 radical (unpaired) electrons. The number of nitrogens with one attached hydrogen (secondary N) is 2. The third-order valence-corrected chi connectivity index (χ3v) is 4.70. The number of hydrogen-bond acceptors (Lipinski definition) is 4. The fraction of sp³-hybridized carbons (Fsp3) is 0.706. The van der Waals surface area contributed by atoms with Crippen LogP contribution in [0.15, 0.2) is 16.8 Å². The van der Waals surface area contributed by atoms with Gasteiger partial charge in [-0.05, 0) is 61.9 Å². The molecule has 1 saturated carbocycles. The van der Waals surface area contributed by atoms with E-state index in [1.165, 1.54) is 24.8 Å². The minimum Gasteiger partial charge on any atom is -0.444 e. The van der Waals surface area contributed by atoms with Gasteiger partial charge in [-0.3, -0.25) is 0 Å². The lowest BCUT2D eigenvalue weighted by Crippen LogP contribution is -2.44. The van der Waals surface area contributed by atoms with Crippen molar-refractivity contribution >= 4 is 17.4 Å². The smallest absolute Gasteiger partial charge is 0.407 e. The van der Waals surface area contributed by atoms with E-state index in [9.17, 15) is 4.79 Å². The second-order valence-electron chi connectivity index (χ2n) is 7.05. The Balaban J connectivity index is 1.78. The Bertz CT molecular complexity index is 454. The van der Waals surface area contributed by atoms with Gasteiger partial charge in [0.15, 0.2) is 0 Å². The van der Waals surface area contributed by atoms with Crippen LogP contribution in [0.2, 0.25) is 0 Å². The van der Waals surface area contributed by atoms with E-state index in [1.54, 1.807) is 11.3 Å². The Labute approximate surface area is 137 Å². The molecule has 0 aromatic carbocycles. The summed E-state index contributed by atoms with van der Waals surface area (Å²) < 4.78 is 5.31. The third kappa shape index (κ3) is 5.97. The maximum Gasteiger partial charge on any atom is 0.407 e. The van der Waals surface area contributed by atoms with Crippen LogP contribution in [-0.4, -0.2) is 24.3 Å². The van der Waals surface area contributed by atoms with E-state index in [2.05, 4.69) is 27.5 Å². The van der Waals surface area contributed by atoms with Gasteiger partial charge in [-0.2, -0.15) is 11.3 Å². The molecular weight excluding hydrogens is 296 g/mol. The summed E-state index contributed by atoms with van der Waals surface area (Å²) in [5, 5.41) is 10.9. The van der Waals surface area contributed by atoms with Crippen molar-refractivity contribution in [1.82, 2.24) is 10.6 Å². The number of thiophene rings is 1. The summed E-state index contributed by atoms with van der Waals surface area (Å²) in [5.41, 5.74) is 0.905. The highest BCUT2D eigenvalue weighted by Crippen LogP contribution is 2.24. The van der Waals surface area contributed by atoms with Crippen molar-refractivity contribution in [3.8, 4) is 0 Å². The van der Waals surface area contributed by atoms with Crippen molar-refractivity contribution in [3.05, 3.63) is 22.4 Å². The van der Waals surface area contributed by atoms with Crippen LogP contribution in [0, 0.1) is 5.92 Å². The molecule has 0 aliphatic heterocycles. The van der Waals surface area contributed by atoms with Crippen LogP contribution in [0.5, 0.6) is 0 Å². The molecule has 0 bridgehead atoms. The van der Waals surface area contributed by atoms with E-state index in [1.807, 2.05) is 20.8 Å². The van der Waals surface area contributed by atoms with Crippen LogP contribution in [0.1, 0.15) is 52.0 Å².